The van der Waals surface area contributed by atoms with Gasteiger partial charge in [-0.05, 0) is 49.1 Å². The average Bonchev–Trinajstić information content (AvgIpc) is 2.69. The topological polar surface area (TPSA) is 40.6 Å². The summed E-state index contributed by atoms with van der Waals surface area (Å²) >= 11 is 0. The van der Waals surface area contributed by atoms with Gasteiger partial charge in [0.25, 0.3) is 0 Å². The average molecular weight is 355 g/mol. The fraction of sp³-hybridized carbons (Fsp3) is 0.409. The van der Waals surface area contributed by atoms with Crippen molar-refractivity contribution in [1.29, 1.82) is 0 Å². The molecule has 1 aromatic carbocycles. The Bertz CT molecular complexity index is 683. The third-order valence-electron chi connectivity index (χ3n) is 3.63. The lowest BCUT2D eigenvalue weighted by atomic mass is 10.1. The van der Waals surface area contributed by atoms with Gasteiger partial charge in [-0.2, -0.15) is 0 Å². The van der Waals surface area contributed by atoms with E-state index in [1.165, 1.54) is 0 Å². The first-order valence-corrected chi connectivity index (χ1v) is 9.43. The van der Waals surface area contributed by atoms with Crippen LogP contribution in [0.2, 0.25) is 0 Å². The highest BCUT2D eigenvalue weighted by molar-refractivity contribution is 5.75. The van der Waals surface area contributed by atoms with Crippen molar-refractivity contribution in [1.82, 2.24) is 4.98 Å². The van der Waals surface area contributed by atoms with Gasteiger partial charge in [0, 0.05) is 18.0 Å². The van der Waals surface area contributed by atoms with E-state index >= 15 is 0 Å². The van der Waals surface area contributed by atoms with Crippen LogP contribution in [0.5, 0.6) is 17.2 Å². The van der Waals surface area contributed by atoms with Crippen molar-refractivity contribution >= 4 is 12.2 Å². The molecule has 0 N–H and O–H groups in total. The van der Waals surface area contributed by atoms with E-state index in [1.807, 2.05) is 36.4 Å². The largest absolute Gasteiger partial charge is 0.490 e. The summed E-state index contributed by atoms with van der Waals surface area (Å²) in [4.78, 5) is 4.05. The Labute approximate surface area is 156 Å². The van der Waals surface area contributed by atoms with Crippen LogP contribution in [0.1, 0.15) is 51.2 Å². The molecule has 0 aliphatic rings. The van der Waals surface area contributed by atoms with Crippen LogP contribution in [-0.2, 0) is 0 Å². The highest BCUT2D eigenvalue weighted by Crippen LogP contribution is 2.41. The van der Waals surface area contributed by atoms with E-state index in [9.17, 15) is 0 Å². The van der Waals surface area contributed by atoms with E-state index in [4.69, 9.17) is 14.2 Å². The maximum Gasteiger partial charge on any atom is 0.204 e. The zero-order valence-electron chi connectivity index (χ0n) is 16.0. The summed E-state index contributed by atoms with van der Waals surface area (Å²) in [6, 6.07) is 7.92. The third-order valence-corrected chi connectivity index (χ3v) is 3.63. The van der Waals surface area contributed by atoms with Crippen molar-refractivity contribution in [3.63, 3.8) is 0 Å². The second kappa shape index (κ2) is 11.2. The van der Waals surface area contributed by atoms with Crippen LogP contribution < -0.4 is 14.2 Å². The van der Waals surface area contributed by atoms with Crippen LogP contribution >= 0.6 is 0 Å². The van der Waals surface area contributed by atoms with Crippen molar-refractivity contribution in [3.05, 3.63) is 47.8 Å². The maximum atomic E-state index is 6.05. The quantitative estimate of drug-likeness (QED) is 0.524. The molecule has 0 spiro atoms. The molecule has 2 aromatic rings. The molecule has 0 saturated heterocycles. The first kappa shape index (κ1) is 19.8. The highest BCUT2D eigenvalue weighted by Gasteiger charge is 2.16. The molecule has 140 valence electrons. The third kappa shape index (κ3) is 5.80. The minimum Gasteiger partial charge on any atom is -0.490 e. The van der Waals surface area contributed by atoms with Crippen LogP contribution in [-0.4, -0.2) is 24.8 Å². The Hall–Kier alpha value is -2.49. The van der Waals surface area contributed by atoms with Gasteiger partial charge in [0.1, 0.15) is 0 Å². The lowest BCUT2D eigenvalue weighted by molar-refractivity contribution is 0.242. The summed E-state index contributed by atoms with van der Waals surface area (Å²) < 4.78 is 17.9. The smallest absolute Gasteiger partial charge is 0.204 e. The van der Waals surface area contributed by atoms with E-state index in [0.29, 0.717) is 25.6 Å². The van der Waals surface area contributed by atoms with E-state index in [2.05, 4.69) is 25.8 Å². The van der Waals surface area contributed by atoms with Gasteiger partial charge in [0.2, 0.25) is 5.75 Å². The van der Waals surface area contributed by atoms with Crippen LogP contribution in [0.3, 0.4) is 0 Å². The first-order valence-electron chi connectivity index (χ1n) is 9.43. The molecule has 0 unspecified atom stereocenters. The molecule has 1 heterocycles. The lowest BCUT2D eigenvalue weighted by Gasteiger charge is -2.18. The van der Waals surface area contributed by atoms with Crippen molar-refractivity contribution in [3.8, 4) is 17.2 Å². The molecule has 0 aliphatic carbocycles. The van der Waals surface area contributed by atoms with Gasteiger partial charge in [-0.1, -0.05) is 32.9 Å². The Balaban J connectivity index is 2.39. The van der Waals surface area contributed by atoms with Crippen LogP contribution in [0.25, 0.3) is 12.2 Å². The van der Waals surface area contributed by atoms with E-state index in [-0.39, 0.29) is 0 Å². The number of nitrogens with zero attached hydrogens (tertiary/aromatic N) is 1. The molecule has 0 fully saturated rings. The molecule has 2 rings (SSSR count). The van der Waals surface area contributed by atoms with Crippen molar-refractivity contribution < 1.29 is 14.2 Å². The second-order valence-electron chi connectivity index (χ2n) is 5.97. The fourth-order valence-electron chi connectivity index (χ4n) is 2.37. The minimum atomic E-state index is 0.627. The Morgan fingerprint density at radius 2 is 1.35 bits per heavy atom. The Morgan fingerprint density at radius 3 is 2.00 bits per heavy atom. The number of benzene rings is 1. The monoisotopic (exact) mass is 355 g/mol. The van der Waals surface area contributed by atoms with Crippen LogP contribution in [0, 0.1) is 0 Å². The van der Waals surface area contributed by atoms with Crippen molar-refractivity contribution in [2.45, 2.75) is 40.0 Å². The molecule has 0 saturated carbocycles. The predicted octanol–water partition coefficient (Wildman–Crippen LogP) is 5.62. The summed E-state index contributed by atoms with van der Waals surface area (Å²) in [5.74, 6) is 2.19. The molecule has 0 atom stereocenters. The number of hydrogen-bond acceptors (Lipinski definition) is 4. The summed E-state index contributed by atoms with van der Waals surface area (Å²) in [5.41, 5.74) is 2.06. The first-order chi connectivity index (χ1) is 12.8. The van der Waals surface area contributed by atoms with E-state index in [1.54, 1.807) is 12.4 Å². The summed E-state index contributed by atoms with van der Waals surface area (Å²) in [6.07, 6.45) is 10.5. The number of aromatic nitrogens is 1. The molecule has 4 heteroatoms. The van der Waals surface area contributed by atoms with Gasteiger partial charge >= 0.3 is 0 Å². The molecule has 0 aliphatic heterocycles. The minimum absolute atomic E-state index is 0.627. The normalized spacial score (nSPS) is 10.9. The molecule has 4 nitrogen and oxygen atoms in total. The standard InChI is InChI=1S/C22H29NO3/c1-4-15-24-20-10-9-19(8-7-18-11-13-23-14-12-18)21(25-16-5-2)22(20)26-17-6-3/h7-14H,4-6,15-17H2,1-3H3/b8-7+. The van der Waals surface area contributed by atoms with Gasteiger partial charge < -0.3 is 14.2 Å². The van der Waals surface area contributed by atoms with E-state index in [0.717, 1.165) is 41.9 Å². The Kier molecular flexibility index (Phi) is 8.53. The highest BCUT2D eigenvalue weighted by atomic mass is 16.5. The second-order valence-corrected chi connectivity index (χ2v) is 5.97. The maximum absolute atomic E-state index is 6.05. The zero-order chi connectivity index (χ0) is 18.6. The van der Waals surface area contributed by atoms with Gasteiger partial charge in [0.05, 0.1) is 19.8 Å². The summed E-state index contributed by atoms with van der Waals surface area (Å²) in [7, 11) is 0. The number of ether oxygens (including phenoxy) is 3. The van der Waals surface area contributed by atoms with Gasteiger partial charge in [-0.25, -0.2) is 0 Å². The van der Waals surface area contributed by atoms with Crippen LogP contribution in [0.15, 0.2) is 36.7 Å². The van der Waals surface area contributed by atoms with Gasteiger partial charge in [-0.3, -0.25) is 4.98 Å². The molecule has 1 aromatic heterocycles. The van der Waals surface area contributed by atoms with Crippen molar-refractivity contribution in [2.75, 3.05) is 19.8 Å². The fourth-order valence-corrected chi connectivity index (χ4v) is 2.37. The number of pyridine rings is 1. The Morgan fingerprint density at radius 1 is 0.731 bits per heavy atom. The number of hydrogen-bond donors (Lipinski definition) is 0. The van der Waals surface area contributed by atoms with Crippen LogP contribution in [0.4, 0.5) is 0 Å². The lowest BCUT2D eigenvalue weighted by Crippen LogP contribution is -2.06. The molecule has 0 amide bonds. The zero-order valence-corrected chi connectivity index (χ0v) is 16.0. The van der Waals surface area contributed by atoms with Crippen molar-refractivity contribution in [2.24, 2.45) is 0 Å². The van der Waals surface area contributed by atoms with Gasteiger partial charge in [0.15, 0.2) is 11.5 Å². The van der Waals surface area contributed by atoms with E-state index < -0.39 is 0 Å². The number of rotatable bonds is 11. The SMILES string of the molecule is CCCOc1ccc(/C=C/c2ccncc2)c(OCCC)c1OCCC. The predicted molar refractivity (Wildman–Crippen MR) is 107 cm³/mol. The molecular formula is C22H29NO3. The van der Waals surface area contributed by atoms with Gasteiger partial charge in [-0.15, -0.1) is 0 Å². The molecule has 0 radical (unpaired) electrons. The molecular weight excluding hydrogens is 326 g/mol. The summed E-state index contributed by atoms with van der Waals surface area (Å²) in [5, 5.41) is 0. The molecule has 0 bridgehead atoms. The summed E-state index contributed by atoms with van der Waals surface area (Å²) in [6.45, 7) is 8.19. The molecule has 26 heavy (non-hydrogen) atoms.